The summed E-state index contributed by atoms with van der Waals surface area (Å²) < 4.78 is 11.6. The van der Waals surface area contributed by atoms with E-state index in [4.69, 9.17) is 9.15 Å². The second-order valence-electron chi connectivity index (χ2n) is 4.55. The van der Waals surface area contributed by atoms with Crippen molar-refractivity contribution in [3.8, 4) is 5.75 Å². The smallest absolute Gasteiger partial charge is 0.133 e. The van der Waals surface area contributed by atoms with E-state index in [1.54, 1.807) is 7.11 Å². The van der Waals surface area contributed by atoms with Crippen molar-refractivity contribution in [2.24, 2.45) is 0 Å². The van der Waals surface area contributed by atoms with Crippen LogP contribution in [0, 0.1) is 20.8 Å². The van der Waals surface area contributed by atoms with Crippen LogP contribution in [-0.2, 0) is 0 Å². The molecule has 1 aromatic heterocycles. The highest BCUT2D eigenvalue weighted by molar-refractivity contribution is 9.10. The molecule has 0 bridgehead atoms. The number of rotatable bonds is 3. The molecule has 3 nitrogen and oxygen atoms in total. The summed E-state index contributed by atoms with van der Waals surface area (Å²) in [5, 5.41) is 10.5. The van der Waals surface area contributed by atoms with Crippen LogP contribution < -0.4 is 4.74 Å². The quantitative estimate of drug-likeness (QED) is 0.925. The number of hydrogen-bond donors (Lipinski definition) is 1. The van der Waals surface area contributed by atoms with Gasteiger partial charge >= 0.3 is 0 Å². The minimum atomic E-state index is -0.695. The molecule has 19 heavy (non-hydrogen) atoms. The molecule has 0 fully saturated rings. The first kappa shape index (κ1) is 14.2. The van der Waals surface area contributed by atoms with Crippen molar-refractivity contribution in [3.05, 3.63) is 50.9 Å². The molecular weight excluding hydrogens is 308 g/mol. The van der Waals surface area contributed by atoms with Gasteiger partial charge in [-0.15, -0.1) is 0 Å². The molecule has 0 aliphatic carbocycles. The summed E-state index contributed by atoms with van der Waals surface area (Å²) in [7, 11) is 1.62. The van der Waals surface area contributed by atoms with Crippen molar-refractivity contribution in [2.75, 3.05) is 7.11 Å². The third kappa shape index (κ3) is 2.55. The normalized spacial score (nSPS) is 12.5. The van der Waals surface area contributed by atoms with Gasteiger partial charge in [0.2, 0.25) is 0 Å². The zero-order valence-corrected chi connectivity index (χ0v) is 13.0. The fourth-order valence-corrected chi connectivity index (χ4v) is 2.79. The molecule has 1 atom stereocenters. The fraction of sp³-hybridized carbons (Fsp3) is 0.333. The van der Waals surface area contributed by atoms with Gasteiger partial charge in [0.1, 0.15) is 23.4 Å². The second-order valence-corrected chi connectivity index (χ2v) is 5.40. The van der Waals surface area contributed by atoms with Crippen molar-refractivity contribution < 1.29 is 14.3 Å². The molecule has 0 spiro atoms. The summed E-state index contributed by atoms with van der Waals surface area (Å²) in [4.78, 5) is 0. The van der Waals surface area contributed by atoms with Crippen LogP contribution in [0.2, 0.25) is 0 Å². The van der Waals surface area contributed by atoms with E-state index in [-0.39, 0.29) is 0 Å². The average Bonchev–Trinajstić information content (AvgIpc) is 2.62. The Balaban J connectivity index is 2.44. The highest BCUT2D eigenvalue weighted by atomic mass is 79.9. The maximum Gasteiger partial charge on any atom is 0.133 e. The summed E-state index contributed by atoms with van der Waals surface area (Å²) >= 11 is 3.43. The number of aliphatic hydroxyl groups excluding tert-OH is 1. The lowest BCUT2D eigenvalue weighted by Crippen LogP contribution is -2.02. The first-order valence-electron chi connectivity index (χ1n) is 6.03. The van der Waals surface area contributed by atoms with Crippen LogP contribution in [0.4, 0.5) is 0 Å². The summed E-state index contributed by atoms with van der Waals surface area (Å²) in [6.07, 6.45) is -0.695. The molecular formula is C15H17BrO3. The van der Waals surface area contributed by atoms with E-state index < -0.39 is 6.10 Å². The van der Waals surface area contributed by atoms with Crippen molar-refractivity contribution in [1.29, 1.82) is 0 Å². The molecule has 0 aliphatic rings. The minimum Gasteiger partial charge on any atom is -0.496 e. The summed E-state index contributed by atoms with van der Waals surface area (Å²) in [6, 6.07) is 5.56. The van der Waals surface area contributed by atoms with Crippen molar-refractivity contribution in [2.45, 2.75) is 26.9 Å². The standard InChI is InChI=1S/C15H17BrO3/c1-8-9(2)19-10(3)14(8)15(17)11-5-6-13(18-4)12(16)7-11/h5-7,15,17H,1-4H3. The Morgan fingerprint density at radius 2 is 1.89 bits per heavy atom. The Kier molecular flexibility index (Phi) is 4.02. The minimum absolute atomic E-state index is 0.695. The number of ether oxygens (including phenoxy) is 1. The molecule has 1 N–H and O–H groups in total. The molecule has 2 rings (SSSR count). The fourth-order valence-electron chi connectivity index (χ4n) is 2.23. The lowest BCUT2D eigenvalue weighted by Gasteiger charge is -2.13. The Hall–Kier alpha value is -1.26. The van der Waals surface area contributed by atoms with Gasteiger partial charge in [-0.1, -0.05) is 6.07 Å². The van der Waals surface area contributed by atoms with Gasteiger partial charge in [-0.3, -0.25) is 0 Å². The summed E-state index contributed by atoms with van der Waals surface area (Å²) in [6.45, 7) is 5.74. The van der Waals surface area contributed by atoms with E-state index in [1.807, 2.05) is 39.0 Å². The summed E-state index contributed by atoms with van der Waals surface area (Å²) in [5.41, 5.74) is 2.64. The highest BCUT2D eigenvalue weighted by Gasteiger charge is 2.21. The Morgan fingerprint density at radius 3 is 2.37 bits per heavy atom. The molecule has 2 aromatic rings. The van der Waals surface area contributed by atoms with Gasteiger partial charge in [0.25, 0.3) is 0 Å². The Labute approximate surface area is 121 Å². The lowest BCUT2D eigenvalue weighted by molar-refractivity contribution is 0.217. The molecule has 4 heteroatoms. The molecule has 1 heterocycles. The predicted octanol–water partition coefficient (Wildman–Crippen LogP) is 4.06. The summed E-state index contributed by atoms with van der Waals surface area (Å²) in [5.74, 6) is 2.35. The van der Waals surface area contributed by atoms with E-state index in [1.165, 1.54) is 0 Å². The third-order valence-corrected chi connectivity index (χ3v) is 4.00. The number of methoxy groups -OCH3 is 1. The lowest BCUT2D eigenvalue weighted by atomic mass is 9.98. The first-order chi connectivity index (χ1) is 8.95. The van der Waals surface area contributed by atoms with Gasteiger partial charge in [0, 0.05) is 5.56 Å². The van der Waals surface area contributed by atoms with Crippen molar-refractivity contribution in [1.82, 2.24) is 0 Å². The van der Waals surface area contributed by atoms with Crippen LogP contribution in [0.15, 0.2) is 27.1 Å². The van der Waals surface area contributed by atoms with Crippen molar-refractivity contribution in [3.63, 3.8) is 0 Å². The number of furan rings is 1. The van der Waals surface area contributed by atoms with Gasteiger partial charge < -0.3 is 14.3 Å². The van der Waals surface area contributed by atoms with Gasteiger partial charge in [0.15, 0.2) is 0 Å². The number of aliphatic hydroxyl groups is 1. The number of halogens is 1. The van der Waals surface area contributed by atoms with Crippen LogP contribution in [0.5, 0.6) is 5.75 Å². The largest absolute Gasteiger partial charge is 0.496 e. The van der Waals surface area contributed by atoms with Gasteiger partial charge in [-0.2, -0.15) is 0 Å². The molecule has 1 aromatic carbocycles. The van der Waals surface area contributed by atoms with Gasteiger partial charge in [0.05, 0.1) is 11.6 Å². The third-order valence-electron chi connectivity index (χ3n) is 3.38. The van der Waals surface area contributed by atoms with E-state index in [0.29, 0.717) is 0 Å². The van der Waals surface area contributed by atoms with Crippen LogP contribution in [0.25, 0.3) is 0 Å². The molecule has 0 radical (unpaired) electrons. The van der Waals surface area contributed by atoms with Gasteiger partial charge in [-0.05, 0) is 60.0 Å². The number of benzene rings is 1. The van der Waals surface area contributed by atoms with Crippen molar-refractivity contribution >= 4 is 15.9 Å². The molecule has 0 aliphatic heterocycles. The molecule has 102 valence electrons. The molecule has 0 amide bonds. The average molecular weight is 325 g/mol. The van der Waals surface area contributed by atoms with Crippen LogP contribution in [0.3, 0.4) is 0 Å². The first-order valence-corrected chi connectivity index (χ1v) is 6.83. The molecule has 0 saturated carbocycles. The van der Waals surface area contributed by atoms with Crippen LogP contribution in [0.1, 0.15) is 34.3 Å². The maximum atomic E-state index is 10.5. The highest BCUT2D eigenvalue weighted by Crippen LogP contribution is 2.34. The molecule has 1 unspecified atom stereocenters. The van der Waals surface area contributed by atoms with Gasteiger partial charge in [-0.25, -0.2) is 0 Å². The monoisotopic (exact) mass is 324 g/mol. The molecule has 0 saturated heterocycles. The number of hydrogen-bond acceptors (Lipinski definition) is 3. The predicted molar refractivity (Wildman–Crippen MR) is 77.7 cm³/mol. The Bertz CT molecular complexity index is 602. The van der Waals surface area contributed by atoms with Crippen LogP contribution >= 0.6 is 15.9 Å². The SMILES string of the molecule is COc1ccc(C(O)c2c(C)oc(C)c2C)cc1Br. The maximum absolute atomic E-state index is 10.5. The zero-order valence-electron chi connectivity index (χ0n) is 11.5. The van der Waals surface area contributed by atoms with E-state index in [9.17, 15) is 5.11 Å². The van der Waals surface area contributed by atoms with E-state index in [0.717, 1.165) is 38.4 Å². The Morgan fingerprint density at radius 1 is 1.21 bits per heavy atom. The zero-order chi connectivity index (χ0) is 14.2. The number of aryl methyl sites for hydroxylation is 2. The second kappa shape index (κ2) is 5.39. The van der Waals surface area contributed by atoms with E-state index in [2.05, 4.69) is 15.9 Å². The van der Waals surface area contributed by atoms with Crippen LogP contribution in [-0.4, -0.2) is 12.2 Å². The topological polar surface area (TPSA) is 42.6 Å². The van der Waals surface area contributed by atoms with E-state index >= 15 is 0 Å².